The van der Waals surface area contributed by atoms with Crippen LogP contribution in [0, 0.1) is 18.2 Å². The Bertz CT molecular complexity index is 7740. The van der Waals surface area contributed by atoms with Crippen LogP contribution in [0.1, 0.15) is 31.5 Å². The van der Waals surface area contributed by atoms with Crippen LogP contribution < -0.4 is 9.47 Å². The summed E-state index contributed by atoms with van der Waals surface area (Å²) in [5.41, 5.74) is 20.7. The minimum atomic E-state index is -1.11. The molecule has 27 heteroatoms. The van der Waals surface area contributed by atoms with E-state index in [9.17, 15) is 14.4 Å². The van der Waals surface area contributed by atoms with E-state index >= 15 is 0 Å². The minimum Gasteiger partial charge on any atom is -0.477 e. The van der Waals surface area contributed by atoms with E-state index in [2.05, 4.69) is 211 Å². The van der Waals surface area contributed by atoms with Gasteiger partial charge in [-0.2, -0.15) is 36.4 Å². The quantitative estimate of drug-likeness (QED) is 0.0634. The predicted octanol–water partition coefficient (Wildman–Crippen LogP) is 29.6. The number of ether oxygens (including phenoxy) is 2. The van der Waals surface area contributed by atoms with Crippen LogP contribution in [-0.4, -0.2) is 83.5 Å². The van der Waals surface area contributed by atoms with Gasteiger partial charge < -0.3 is 48.6 Å². The molecule has 23 aromatic rings. The molecule has 0 amide bonds. The summed E-state index contributed by atoms with van der Waals surface area (Å²) < 4.78 is 23.1. The second kappa shape index (κ2) is 49.0. The topological polar surface area (TPSA) is 286 Å². The van der Waals surface area contributed by atoms with Gasteiger partial charge in [-0.3, -0.25) is 0 Å². The molecule has 0 aliphatic carbocycles. The van der Waals surface area contributed by atoms with Crippen molar-refractivity contribution < 1.29 is 108 Å². The number of halogens is 1. The van der Waals surface area contributed by atoms with Gasteiger partial charge in [0, 0.05) is 134 Å². The van der Waals surface area contributed by atoms with Crippen LogP contribution in [0.15, 0.2) is 438 Å². The molecule has 20 nitrogen and oxygen atoms in total. The minimum absolute atomic E-state index is 0. The number of fused-ring (bicyclic) bond motifs is 3. The third-order valence-corrected chi connectivity index (χ3v) is 24.1. The Morgan fingerprint density at radius 2 is 0.528 bits per heavy atom. The van der Waals surface area contributed by atoms with E-state index in [0.29, 0.717) is 51.6 Å². The number of hydrogen-bond acceptors (Lipinski definition) is 20. The van der Waals surface area contributed by atoms with Gasteiger partial charge in [-0.1, -0.05) is 275 Å². The van der Waals surface area contributed by atoms with Crippen molar-refractivity contribution in [2.24, 2.45) is 0 Å². The van der Waals surface area contributed by atoms with Crippen molar-refractivity contribution in [2.75, 3.05) is 0 Å². The number of rotatable bonds is 19. The molecule has 699 valence electrons. The summed E-state index contributed by atoms with van der Waals surface area (Å²) in [4.78, 5) is 61.0. The maximum atomic E-state index is 11.1. The van der Waals surface area contributed by atoms with Gasteiger partial charge in [0.1, 0.15) is 28.7 Å². The molecule has 0 fully saturated rings. The maximum Gasteiger partial charge on any atom is 0.354 e. The van der Waals surface area contributed by atoms with E-state index in [1.165, 1.54) is 92.4 Å². The van der Waals surface area contributed by atoms with Crippen LogP contribution in [0.5, 0.6) is 23.0 Å². The van der Waals surface area contributed by atoms with E-state index in [0.717, 1.165) is 92.8 Å². The molecule has 0 atom stereocenters. The van der Waals surface area contributed by atoms with Crippen LogP contribution in [0.4, 0.5) is 0 Å². The van der Waals surface area contributed by atoms with E-state index in [1.807, 2.05) is 192 Å². The second-order valence-electron chi connectivity index (χ2n) is 30.5. The molecule has 0 bridgehead atoms. The Balaban J connectivity index is 0.000000132. The van der Waals surface area contributed by atoms with Gasteiger partial charge in [0.15, 0.2) is 11.4 Å². The van der Waals surface area contributed by atoms with Crippen molar-refractivity contribution in [1.29, 1.82) is 0 Å². The summed E-state index contributed by atoms with van der Waals surface area (Å²) in [6.45, 7) is 0. The van der Waals surface area contributed by atoms with Gasteiger partial charge >= 0.3 is 17.9 Å². The average Bonchev–Trinajstić information content (AvgIpc) is 1.24. The number of nitrogens with zero attached hydrogens (tertiary/aromatic N) is 10. The molecule has 0 unspecified atom stereocenters. The summed E-state index contributed by atoms with van der Waals surface area (Å²) in [5.74, 6) is 0.417. The fraction of sp³-hybridized carbons (Fsp3) is 0. The van der Waals surface area contributed by atoms with Gasteiger partial charge in [0.05, 0.1) is 16.6 Å². The number of carboxylic acid groups (broad SMARTS) is 3. The molecule has 3 N–H and O–H groups in total. The Morgan fingerprint density at radius 1 is 0.275 bits per heavy atom. The van der Waals surface area contributed by atoms with Crippen molar-refractivity contribution in [1.82, 2.24) is 50.3 Å². The van der Waals surface area contributed by atoms with Crippen LogP contribution in [0.25, 0.3) is 166 Å². The van der Waals surface area contributed by atoms with E-state index in [1.54, 1.807) is 70.4 Å². The van der Waals surface area contributed by atoms with Crippen LogP contribution in [0.3, 0.4) is 0 Å². The monoisotopic (exact) mass is 2460 g/mol. The first-order valence-electron chi connectivity index (χ1n) is 43.3. The SMILES string of the molecule is O=C(O)c1cc(Cl)ccn1.O=C(O)c1cc(Oc2ccc(-c3ccc(-c4nnc(-c5ccc(-c6ccccc6)cc5)o4)cc3)cc2)ccn1.O=C(O)c1cc(Oc2ccc(-c3nnc(-c4ccccc4)o3)cc2)ccn1.[Ir].[Ir].[Ir].[c-]1ccsc1-c1cc(-c2ccccc2)c2ccccc2n1.[c-]1ccsc1-c1cc(-c2ccccc2)c2ccccc2n1.[c-]1ccsc1-c1cc(-c2ccccc2)c2ccccc2n1. The molecule has 0 spiro atoms. The van der Waals surface area contributed by atoms with Crippen molar-refractivity contribution in [3.05, 3.63) is 469 Å². The van der Waals surface area contributed by atoms with Gasteiger partial charge in [-0.15, -0.1) is 36.5 Å². The number of hydrogen-bond donors (Lipinski definition) is 3. The smallest absolute Gasteiger partial charge is 0.354 e. The van der Waals surface area contributed by atoms with E-state index in [-0.39, 0.29) is 77.4 Å². The number of thiophene rings is 3. The third kappa shape index (κ3) is 25.7. The number of para-hydroxylation sites is 3. The Morgan fingerprint density at radius 3 is 0.824 bits per heavy atom. The fourth-order valence-electron chi connectivity index (χ4n) is 14.7. The summed E-state index contributed by atoms with van der Waals surface area (Å²) in [5, 5.41) is 53.1. The summed E-state index contributed by atoms with van der Waals surface area (Å²) >= 11 is 10.5. The number of pyridine rings is 6. The van der Waals surface area contributed by atoms with Crippen LogP contribution in [-0.2, 0) is 60.3 Å². The first-order valence-corrected chi connectivity index (χ1v) is 46.3. The normalized spacial score (nSPS) is 10.4. The van der Waals surface area contributed by atoms with Crippen molar-refractivity contribution in [3.8, 4) is 156 Å². The molecule has 0 saturated carbocycles. The zero-order valence-corrected chi connectivity index (χ0v) is 84.7. The van der Waals surface area contributed by atoms with Gasteiger partial charge in [0.25, 0.3) is 0 Å². The van der Waals surface area contributed by atoms with Crippen molar-refractivity contribution in [2.45, 2.75) is 0 Å². The van der Waals surface area contributed by atoms with Crippen molar-refractivity contribution in [3.63, 3.8) is 0 Å². The molecule has 3 radical (unpaired) electrons. The Hall–Kier alpha value is -16.1. The number of aromatic nitrogens is 10. The molecule has 0 aliphatic rings. The fourth-order valence-corrected chi connectivity index (χ4v) is 16.7. The largest absolute Gasteiger partial charge is 0.477 e. The van der Waals surface area contributed by atoms with Gasteiger partial charge in [-0.05, 0) is 188 Å². The number of carbonyl (C=O) groups is 3. The number of aromatic carboxylic acids is 3. The van der Waals surface area contributed by atoms with Crippen molar-refractivity contribution >= 4 is 96.2 Å². The molecule has 11 aromatic heterocycles. The molecular formula is C115H74ClIr3N10O10S3-3. The third-order valence-electron chi connectivity index (χ3n) is 21.3. The molecule has 0 aliphatic heterocycles. The Labute approximate surface area is 872 Å². The van der Waals surface area contributed by atoms with E-state index in [4.69, 9.17) is 60.2 Å². The predicted molar refractivity (Wildman–Crippen MR) is 548 cm³/mol. The Kier molecular flexibility index (Phi) is 34.6. The first kappa shape index (κ1) is 100. The molecule has 23 rings (SSSR count). The summed E-state index contributed by atoms with van der Waals surface area (Å²) in [6, 6.07) is 137. The van der Waals surface area contributed by atoms with Gasteiger partial charge in [0.2, 0.25) is 23.6 Å². The molecule has 142 heavy (non-hydrogen) atoms. The summed E-state index contributed by atoms with van der Waals surface area (Å²) in [6.07, 6.45) is 4.14. The zero-order valence-electron chi connectivity index (χ0n) is 74.3. The van der Waals surface area contributed by atoms with Crippen LogP contribution in [0.2, 0.25) is 5.02 Å². The summed E-state index contributed by atoms with van der Waals surface area (Å²) in [7, 11) is 0. The number of carboxylic acids is 3. The molecule has 11 heterocycles. The second-order valence-corrected chi connectivity index (χ2v) is 33.7. The standard InChI is InChI=1S/C32H21N3O4.C20H13N3O4.3C19H12NS.C6H4ClNO2.3Ir/c36-32(37)29-20-28(18-19-33-29)38-27-16-14-24(15-17-27)23-8-12-26(13-9-23)31-35-34-30(39-31)25-10-6-22(7-11-25)21-4-2-1-3-5-21;24-20(25)17-12-16(10-11-21-17)26-15-8-6-14(7-9-15)19-23-22-18(27-19)13-4-2-1-3-5-13;3*1-2-7-14(8-3-1)16-13-18(19-11-6-12-21-19)20-17-10-5-4-9-15(16)17;7-4-1-2-8-5(3-4)6(9)10;;;/h1-20H,(H,36,37);1-12H,(H,24,25);3*1-10,12-13H;1-3H,(H,9,10);;;/q;;3*-1;;;;. The molecule has 0 saturated heterocycles. The first-order chi connectivity index (χ1) is 68.3. The molecular weight excluding hydrogens is 2390 g/mol. The zero-order chi connectivity index (χ0) is 95.0. The van der Waals surface area contributed by atoms with Gasteiger partial charge in [-0.25, -0.2) is 63.3 Å². The number of benzene rings is 12. The molecule has 12 aromatic carbocycles. The van der Waals surface area contributed by atoms with Crippen LogP contribution >= 0.6 is 45.6 Å². The van der Waals surface area contributed by atoms with E-state index < -0.39 is 17.9 Å². The average molecular weight is 2460 g/mol. The maximum absolute atomic E-state index is 11.1.